The highest BCUT2D eigenvalue weighted by Crippen LogP contribution is 2.36. The summed E-state index contributed by atoms with van der Waals surface area (Å²) in [5, 5.41) is 3.30. The molecular formula is C5H14N3O4P. The molecule has 8 heteroatoms. The van der Waals surface area contributed by atoms with E-state index in [2.05, 4.69) is 9.78 Å². The van der Waals surface area contributed by atoms with Crippen molar-refractivity contribution in [2.75, 3.05) is 28.2 Å². The molecule has 0 aliphatic rings. The minimum atomic E-state index is -4.54. The van der Waals surface area contributed by atoms with E-state index in [4.69, 9.17) is 9.79 Å². The van der Waals surface area contributed by atoms with Gasteiger partial charge in [0, 0.05) is 28.2 Å². The fraction of sp³-hybridized carbons (Fsp3) is 0.800. The maximum Gasteiger partial charge on any atom is 0.545 e. The second kappa shape index (κ2) is 4.45. The number of phosphoric acid groups is 1. The second-order valence-electron chi connectivity index (χ2n) is 2.75. The normalized spacial score (nSPS) is 10.6. The third kappa shape index (κ3) is 5.46. The molecule has 0 aromatic carbocycles. The molecule has 0 rings (SSSR count). The van der Waals surface area contributed by atoms with E-state index in [1.807, 2.05) is 0 Å². The zero-order chi connectivity index (χ0) is 10.6. The molecule has 0 aromatic heterocycles. The molecule has 0 saturated carbocycles. The fourth-order valence-corrected chi connectivity index (χ4v) is 0.832. The molecule has 0 atom stereocenters. The molecule has 2 N–H and O–H groups in total. The van der Waals surface area contributed by atoms with Gasteiger partial charge in [-0.05, 0) is 5.16 Å². The van der Waals surface area contributed by atoms with E-state index >= 15 is 0 Å². The number of nitrogens with zero attached hydrogens (tertiary/aromatic N) is 3. The highest BCUT2D eigenvalue weighted by Gasteiger charge is 2.16. The molecule has 0 bridgehead atoms. The molecule has 0 aromatic rings. The van der Waals surface area contributed by atoms with E-state index in [1.165, 1.54) is 0 Å². The minimum Gasteiger partial charge on any atom is -0.346 e. The smallest absolute Gasteiger partial charge is 0.346 e. The van der Waals surface area contributed by atoms with Gasteiger partial charge in [0.15, 0.2) is 0 Å². The first-order valence-electron chi connectivity index (χ1n) is 3.41. The summed E-state index contributed by atoms with van der Waals surface area (Å²) in [6.45, 7) is 0. The molecule has 0 fully saturated rings. The van der Waals surface area contributed by atoms with Gasteiger partial charge in [0.25, 0.3) is 0 Å². The predicted octanol–water partition coefficient (Wildman–Crippen LogP) is -0.510. The largest absolute Gasteiger partial charge is 0.545 e. The first kappa shape index (κ1) is 12.2. The van der Waals surface area contributed by atoms with Gasteiger partial charge in [0.2, 0.25) is 5.96 Å². The van der Waals surface area contributed by atoms with Crippen molar-refractivity contribution in [2.24, 2.45) is 5.16 Å². The van der Waals surface area contributed by atoms with Crippen molar-refractivity contribution >= 4 is 13.8 Å². The summed E-state index contributed by atoms with van der Waals surface area (Å²) in [5.41, 5.74) is 0. The lowest BCUT2D eigenvalue weighted by atomic mass is 10.7. The Morgan fingerprint density at radius 2 is 1.62 bits per heavy atom. The number of rotatable bonds is 2. The van der Waals surface area contributed by atoms with Crippen molar-refractivity contribution in [3.8, 4) is 0 Å². The van der Waals surface area contributed by atoms with Crippen molar-refractivity contribution in [2.45, 2.75) is 0 Å². The van der Waals surface area contributed by atoms with Crippen LogP contribution in [-0.4, -0.2) is 53.7 Å². The first-order chi connectivity index (χ1) is 5.74. The summed E-state index contributed by atoms with van der Waals surface area (Å²) in [7, 11) is 2.19. The average molecular weight is 211 g/mol. The molecule has 0 saturated heterocycles. The van der Waals surface area contributed by atoms with Crippen LogP contribution in [0.3, 0.4) is 0 Å². The third-order valence-electron chi connectivity index (χ3n) is 1.03. The summed E-state index contributed by atoms with van der Waals surface area (Å²) in [4.78, 5) is 19.9. The van der Waals surface area contributed by atoms with Gasteiger partial charge >= 0.3 is 7.82 Å². The van der Waals surface area contributed by atoms with Crippen molar-refractivity contribution < 1.29 is 19.0 Å². The van der Waals surface area contributed by atoms with Gasteiger partial charge < -0.3 is 9.80 Å². The van der Waals surface area contributed by atoms with E-state index in [0.29, 0.717) is 5.96 Å². The SMILES string of the molecule is CN(C)C(=NOP(=O)(O)O)N(C)C. The topological polar surface area (TPSA) is 85.6 Å². The van der Waals surface area contributed by atoms with Gasteiger partial charge in [-0.25, -0.2) is 4.57 Å². The Hall–Kier alpha value is -0.780. The zero-order valence-electron chi connectivity index (χ0n) is 8.00. The maximum absolute atomic E-state index is 10.3. The van der Waals surface area contributed by atoms with Crippen LogP contribution in [0.15, 0.2) is 5.16 Å². The molecule has 0 aliphatic carbocycles. The van der Waals surface area contributed by atoms with Crippen LogP contribution in [0.2, 0.25) is 0 Å². The molecule has 0 heterocycles. The Morgan fingerprint density at radius 3 is 1.85 bits per heavy atom. The van der Waals surface area contributed by atoms with E-state index in [1.54, 1.807) is 38.0 Å². The van der Waals surface area contributed by atoms with Gasteiger partial charge in [0.1, 0.15) is 0 Å². The van der Waals surface area contributed by atoms with Crippen molar-refractivity contribution in [1.29, 1.82) is 0 Å². The highest BCUT2D eigenvalue weighted by atomic mass is 31.2. The van der Waals surface area contributed by atoms with Crippen LogP contribution in [0.25, 0.3) is 0 Å². The number of guanidine groups is 1. The Kier molecular flexibility index (Phi) is 4.19. The third-order valence-corrected chi connectivity index (χ3v) is 1.32. The van der Waals surface area contributed by atoms with E-state index in [0.717, 1.165) is 0 Å². The molecule has 13 heavy (non-hydrogen) atoms. The monoisotopic (exact) mass is 211 g/mol. The van der Waals surface area contributed by atoms with Gasteiger partial charge in [-0.1, -0.05) is 0 Å². The highest BCUT2D eigenvalue weighted by molar-refractivity contribution is 7.46. The Labute approximate surface area is 76.8 Å². The van der Waals surface area contributed by atoms with Crippen LogP contribution in [-0.2, 0) is 9.19 Å². The van der Waals surface area contributed by atoms with Gasteiger partial charge in [-0.2, -0.15) is 0 Å². The Balaban J connectivity index is 4.48. The van der Waals surface area contributed by atoms with Crippen LogP contribution in [0.1, 0.15) is 0 Å². The molecule has 0 spiro atoms. The van der Waals surface area contributed by atoms with E-state index < -0.39 is 7.82 Å². The van der Waals surface area contributed by atoms with E-state index in [-0.39, 0.29) is 0 Å². The predicted molar refractivity (Wildman–Crippen MR) is 47.9 cm³/mol. The van der Waals surface area contributed by atoms with Gasteiger partial charge in [0.05, 0.1) is 0 Å². The van der Waals surface area contributed by atoms with Gasteiger partial charge in [-0.3, -0.25) is 14.4 Å². The van der Waals surface area contributed by atoms with E-state index in [9.17, 15) is 4.57 Å². The lowest BCUT2D eigenvalue weighted by molar-refractivity contribution is 0.198. The summed E-state index contributed by atoms with van der Waals surface area (Å²) in [6, 6.07) is 0. The molecule has 0 amide bonds. The van der Waals surface area contributed by atoms with Crippen molar-refractivity contribution in [1.82, 2.24) is 9.80 Å². The Morgan fingerprint density at radius 1 is 1.23 bits per heavy atom. The molecular weight excluding hydrogens is 197 g/mol. The van der Waals surface area contributed by atoms with Crippen molar-refractivity contribution in [3.05, 3.63) is 0 Å². The van der Waals surface area contributed by atoms with Crippen LogP contribution in [0.5, 0.6) is 0 Å². The summed E-state index contributed by atoms with van der Waals surface area (Å²) >= 11 is 0. The maximum atomic E-state index is 10.3. The summed E-state index contributed by atoms with van der Waals surface area (Å²) in [6.07, 6.45) is 0. The van der Waals surface area contributed by atoms with Crippen LogP contribution >= 0.6 is 7.82 Å². The average Bonchev–Trinajstić information content (AvgIpc) is 1.82. The Bertz CT molecular complexity index is 224. The lowest BCUT2D eigenvalue weighted by Crippen LogP contribution is -2.35. The zero-order valence-corrected chi connectivity index (χ0v) is 8.89. The van der Waals surface area contributed by atoms with Crippen LogP contribution in [0.4, 0.5) is 0 Å². The first-order valence-corrected chi connectivity index (χ1v) is 4.94. The molecule has 7 nitrogen and oxygen atoms in total. The molecule has 0 radical (unpaired) electrons. The van der Waals surface area contributed by atoms with Crippen LogP contribution < -0.4 is 0 Å². The molecule has 0 aliphatic heterocycles. The summed E-state index contributed by atoms with van der Waals surface area (Å²) in [5.74, 6) is 0.309. The quantitative estimate of drug-likeness (QED) is 0.277. The van der Waals surface area contributed by atoms with Crippen LogP contribution in [0, 0.1) is 0 Å². The fourth-order valence-electron chi connectivity index (χ4n) is 0.653. The number of hydrogen-bond donors (Lipinski definition) is 2. The molecule has 0 unspecified atom stereocenters. The van der Waals surface area contributed by atoms with Gasteiger partial charge in [-0.15, -0.1) is 0 Å². The number of hydrogen-bond acceptors (Lipinski definition) is 3. The molecule has 78 valence electrons. The minimum absolute atomic E-state index is 0.309. The standard InChI is InChI=1S/C5H14N3O4P/c1-7(2)5(8(3)4)6-12-13(9,10)11/h1-4H3,(H2,9,10,11). The lowest BCUT2D eigenvalue weighted by Gasteiger charge is -2.21. The van der Waals surface area contributed by atoms with Crippen molar-refractivity contribution in [3.63, 3.8) is 0 Å². The second-order valence-corrected chi connectivity index (χ2v) is 3.90. The summed E-state index contributed by atoms with van der Waals surface area (Å²) < 4.78 is 14.3. The number of oxime groups is 1.